The number of fused-ring (bicyclic) bond motifs is 2. The quantitative estimate of drug-likeness (QED) is 0.369. The summed E-state index contributed by atoms with van der Waals surface area (Å²) in [7, 11) is 1.63. The molecule has 1 aromatic heterocycles. The Morgan fingerprint density at radius 1 is 1.09 bits per heavy atom. The van der Waals surface area contributed by atoms with Gasteiger partial charge in [0.2, 0.25) is 12.7 Å². The standard InChI is InChI=1S/C28H25NO5/c1-17(11-26(30)29-14-19-9-10-24-25(12-19)34-16-33-24)21-13-22-23(20-7-5-4-6-8-20)15-32-28(22)18(2)27(21)31-3/h4-13,15H,14,16H2,1-3H3,(H,29,30)/b17-11+. The predicted molar refractivity (Wildman–Crippen MR) is 131 cm³/mol. The van der Waals surface area contributed by atoms with Crippen molar-refractivity contribution in [3.8, 4) is 28.4 Å². The van der Waals surface area contributed by atoms with Gasteiger partial charge in [-0.3, -0.25) is 4.79 Å². The zero-order valence-electron chi connectivity index (χ0n) is 19.3. The first-order valence-electron chi connectivity index (χ1n) is 11.0. The Hall–Kier alpha value is -4.19. The topological polar surface area (TPSA) is 69.9 Å². The third-order valence-corrected chi connectivity index (χ3v) is 6.01. The second kappa shape index (κ2) is 8.98. The number of carbonyl (C=O) groups excluding carboxylic acids is 1. The first kappa shape index (κ1) is 21.6. The maximum atomic E-state index is 12.7. The first-order chi connectivity index (χ1) is 16.5. The van der Waals surface area contributed by atoms with Crippen LogP contribution in [0, 0.1) is 6.92 Å². The minimum absolute atomic E-state index is 0.189. The van der Waals surface area contributed by atoms with E-state index >= 15 is 0 Å². The van der Waals surface area contributed by atoms with Gasteiger partial charge in [0.15, 0.2) is 11.5 Å². The molecule has 0 unspecified atom stereocenters. The van der Waals surface area contributed by atoms with Crippen LogP contribution >= 0.6 is 0 Å². The monoisotopic (exact) mass is 455 g/mol. The van der Waals surface area contributed by atoms with Crippen molar-refractivity contribution >= 4 is 22.4 Å². The van der Waals surface area contributed by atoms with Crippen LogP contribution in [0.15, 0.2) is 71.4 Å². The highest BCUT2D eigenvalue weighted by molar-refractivity contribution is 6.01. The van der Waals surface area contributed by atoms with Crippen molar-refractivity contribution in [1.29, 1.82) is 0 Å². The van der Waals surface area contributed by atoms with Gasteiger partial charge >= 0.3 is 0 Å². The molecule has 34 heavy (non-hydrogen) atoms. The molecule has 1 amide bonds. The van der Waals surface area contributed by atoms with E-state index in [4.69, 9.17) is 18.6 Å². The molecule has 0 bridgehead atoms. The number of aryl methyl sites for hydroxylation is 1. The second-order valence-electron chi connectivity index (χ2n) is 8.21. The summed E-state index contributed by atoms with van der Waals surface area (Å²) in [5.41, 5.74) is 6.33. The molecule has 0 saturated carbocycles. The molecule has 2 heterocycles. The van der Waals surface area contributed by atoms with Crippen LogP contribution in [0.3, 0.4) is 0 Å². The number of methoxy groups -OCH3 is 1. The van der Waals surface area contributed by atoms with Crippen LogP contribution in [0.2, 0.25) is 0 Å². The van der Waals surface area contributed by atoms with Crippen molar-refractivity contribution in [3.63, 3.8) is 0 Å². The lowest BCUT2D eigenvalue weighted by molar-refractivity contribution is -0.116. The number of hydrogen-bond donors (Lipinski definition) is 1. The fourth-order valence-electron chi connectivity index (χ4n) is 4.28. The molecule has 4 aromatic rings. The van der Waals surface area contributed by atoms with Crippen molar-refractivity contribution in [2.24, 2.45) is 0 Å². The van der Waals surface area contributed by atoms with Crippen LogP contribution in [0.25, 0.3) is 27.7 Å². The van der Waals surface area contributed by atoms with Crippen LogP contribution in [0.4, 0.5) is 0 Å². The van der Waals surface area contributed by atoms with Crippen molar-refractivity contribution in [2.75, 3.05) is 13.9 Å². The third-order valence-electron chi connectivity index (χ3n) is 6.01. The Bertz CT molecular complexity index is 1400. The molecule has 0 fully saturated rings. The molecule has 172 valence electrons. The third kappa shape index (κ3) is 3.99. The summed E-state index contributed by atoms with van der Waals surface area (Å²) in [6.45, 7) is 4.48. The highest BCUT2D eigenvalue weighted by atomic mass is 16.7. The summed E-state index contributed by atoms with van der Waals surface area (Å²) >= 11 is 0. The fourth-order valence-corrected chi connectivity index (χ4v) is 4.28. The lowest BCUT2D eigenvalue weighted by atomic mass is 9.96. The van der Waals surface area contributed by atoms with E-state index in [1.807, 2.05) is 56.3 Å². The highest BCUT2D eigenvalue weighted by Crippen LogP contribution is 2.40. The van der Waals surface area contributed by atoms with E-state index in [2.05, 4.69) is 17.4 Å². The smallest absolute Gasteiger partial charge is 0.244 e. The van der Waals surface area contributed by atoms with Crippen molar-refractivity contribution in [3.05, 3.63) is 83.6 Å². The van der Waals surface area contributed by atoms with E-state index in [-0.39, 0.29) is 12.7 Å². The van der Waals surface area contributed by atoms with Crippen LogP contribution in [0.1, 0.15) is 23.6 Å². The Labute approximate surface area is 197 Å². The number of furan rings is 1. The zero-order valence-corrected chi connectivity index (χ0v) is 19.3. The molecule has 6 heteroatoms. The summed E-state index contributed by atoms with van der Waals surface area (Å²) in [6.07, 6.45) is 3.37. The molecule has 1 aliphatic rings. The van der Waals surface area contributed by atoms with Gasteiger partial charge in [0.1, 0.15) is 11.3 Å². The molecule has 1 aliphatic heterocycles. The van der Waals surface area contributed by atoms with Gasteiger partial charge in [-0.25, -0.2) is 0 Å². The lowest BCUT2D eigenvalue weighted by Gasteiger charge is -2.13. The fraction of sp³-hybridized carbons (Fsp3) is 0.179. The number of allylic oxidation sites excluding steroid dienone is 1. The predicted octanol–water partition coefficient (Wildman–Crippen LogP) is 5.87. The SMILES string of the molecule is COc1c(/C(C)=C/C(=O)NCc2ccc3c(c2)OCO3)cc2c(-c3ccccc3)coc2c1C. The zero-order chi connectivity index (χ0) is 23.7. The van der Waals surface area contributed by atoms with Gasteiger partial charge in [-0.1, -0.05) is 36.4 Å². The largest absolute Gasteiger partial charge is 0.496 e. The number of benzene rings is 3. The normalized spacial score (nSPS) is 12.7. The van der Waals surface area contributed by atoms with E-state index in [0.717, 1.165) is 50.1 Å². The average molecular weight is 456 g/mol. The minimum atomic E-state index is -0.189. The van der Waals surface area contributed by atoms with E-state index < -0.39 is 0 Å². The maximum Gasteiger partial charge on any atom is 0.244 e. The number of ether oxygens (including phenoxy) is 3. The maximum absolute atomic E-state index is 12.7. The van der Waals surface area contributed by atoms with Crippen LogP contribution < -0.4 is 19.5 Å². The van der Waals surface area contributed by atoms with E-state index in [1.165, 1.54) is 0 Å². The summed E-state index contributed by atoms with van der Waals surface area (Å²) < 4.78 is 22.4. The lowest BCUT2D eigenvalue weighted by Crippen LogP contribution is -2.20. The molecule has 0 aliphatic carbocycles. The Morgan fingerprint density at radius 2 is 1.88 bits per heavy atom. The van der Waals surface area contributed by atoms with Crippen molar-refractivity contribution in [2.45, 2.75) is 20.4 Å². The molecule has 0 radical (unpaired) electrons. The van der Waals surface area contributed by atoms with Crippen LogP contribution in [-0.4, -0.2) is 19.8 Å². The number of rotatable bonds is 6. The average Bonchev–Trinajstić information content (AvgIpc) is 3.50. The minimum Gasteiger partial charge on any atom is -0.496 e. The molecule has 1 N–H and O–H groups in total. The van der Waals surface area contributed by atoms with Crippen molar-refractivity contribution in [1.82, 2.24) is 5.32 Å². The van der Waals surface area contributed by atoms with E-state index in [9.17, 15) is 4.79 Å². The van der Waals surface area contributed by atoms with Crippen LogP contribution in [-0.2, 0) is 11.3 Å². The number of amides is 1. The summed E-state index contributed by atoms with van der Waals surface area (Å²) in [6, 6.07) is 17.8. The molecule has 6 nitrogen and oxygen atoms in total. The molecule has 0 atom stereocenters. The van der Waals surface area contributed by atoms with Gasteiger partial charge in [-0.15, -0.1) is 0 Å². The highest BCUT2D eigenvalue weighted by Gasteiger charge is 2.19. The van der Waals surface area contributed by atoms with E-state index in [1.54, 1.807) is 19.4 Å². The number of nitrogens with one attached hydrogen (secondary N) is 1. The van der Waals surface area contributed by atoms with Gasteiger partial charge < -0.3 is 23.9 Å². The molecule has 3 aromatic carbocycles. The second-order valence-corrected chi connectivity index (χ2v) is 8.21. The molecule has 0 saturated heterocycles. The number of hydrogen-bond acceptors (Lipinski definition) is 5. The summed E-state index contributed by atoms with van der Waals surface area (Å²) in [4.78, 5) is 12.7. The van der Waals surface area contributed by atoms with Gasteiger partial charge in [-0.05, 0) is 48.7 Å². The Morgan fingerprint density at radius 3 is 2.68 bits per heavy atom. The Balaban J connectivity index is 1.43. The van der Waals surface area contributed by atoms with Gasteiger partial charge in [-0.2, -0.15) is 0 Å². The molecule has 5 rings (SSSR count). The first-order valence-corrected chi connectivity index (χ1v) is 11.0. The van der Waals surface area contributed by atoms with Gasteiger partial charge in [0, 0.05) is 34.7 Å². The van der Waals surface area contributed by atoms with E-state index in [0.29, 0.717) is 18.0 Å². The van der Waals surface area contributed by atoms with Crippen LogP contribution in [0.5, 0.6) is 17.2 Å². The molecular formula is C28H25NO5. The van der Waals surface area contributed by atoms with Crippen molar-refractivity contribution < 1.29 is 23.4 Å². The molecular weight excluding hydrogens is 430 g/mol. The van der Waals surface area contributed by atoms with Gasteiger partial charge in [0.25, 0.3) is 0 Å². The van der Waals surface area contributed by atoms with Gasteiger partial charge in [0.05, 0.1) is 13.4 Å². The Kier molecular flexibility index (Phi) is 5.72. The summed E-state index contributed by atoms with van der Waals surface area (Å²) in [5, 5.41) is 3.92. The summed E-state index contributed by atoms with van der Waals surface area (Å²) in [5.74, 6) is 1.92. The molecule has 0 spiro atoms. The number of carbonyl (C=O) groups is 1.